The molecule has 3 aromatic heterocycles. The second kappa shape index (κ2) is 11.0. The molecule has 1 aromatic carbocycles. The number of ether oxygens (including phenoxy) is 1. The van der Waals surface area contributed by atoms with Gasteiger partial charge in [0.2, 0.25) is 5.88 Å². The van der Waals surface area contributed by atoms with Gasteiger partial charge in [0.15, 0.2) is 0 Å². The lowest BCUT2D eigenvalue weighted by Crippen LogP contribution is -2.38. The van der Waals surface area contributed by atoms with Crippen LogP contribution < -0.4 is 10.1 Å². The van der Waals surface area contributed by atoms with Gasteiger partial charge in [0.05, 0.1) is 23.4 Å². The van der Waals surface area contributed by atoms with Gasteiger partial charge >= 0.3 is 0 Å². The molecular weight excluding hydrogens is 478 g/mol. The van der Waals surface area contributed by atoms with E-state index in [0.717, 1.165) is 29.6 Å². The van der Waals surface area contributed by atoms with E-state index in [1.165, 1.54) is 5.56 Å². The highest BCUT2D eigenvalue weighted by Crippen LogP contribution is 2.31. The van der Waals surface area contributed by atoms with Crippen molar-refractivity contribution in [3.05, 3.63) is 89.4 Å². The number of pyridine rings is 2. The lowest BCUT2D eigenvalue weighted by atomic mass is 9.89. The lowest BCUT2D eigenvalue weighted by molar-refractivity contribution is 0.0713. The van der Waals surface area contributed by atoms with Crippen molar-refractivity contribution in [2.24, 2.45) is 0 Å². The molecule has 1 aliphatic rings. The Morgan fingerprint density at radius 2 is 1.82 bits per heavy atom. The minimum atomic E-state index is -0.255. The maximum absolute atomic E-state index is 13.6. The Labute approximate surface area is 222 Å². The van der Waals surface area contributed by atoms with Gasteiger partial charge in [-0.15, -0.1) is 0 Å². The van der Waals surface area contributed by atoms with E-state index in [1.807, 2.05) is 52.9 Å². The van der Waals surface area contributed by atoms with Crippen LogP contribution in [0.2, 0.25) is 0 Å². The van der Waals surface area contributed by atoms with E-state index in [1.54, 1.807) is 18.3 Å². The number of piperidine rings is 1. The summed E-state index contributed by atoms with van der Waals surface area (Å²) in [5.74, 6) is 0.660. The standard InChI is InChI=1S/C30H33N5O3/c1-4-38-29-24(8-7-16-31-29)28(36)32-23-12-10-21(11-13-23)22-14-18-34(19-15-22)30(37)26-25-9-5-6-17-35(25)33-27(26)20(2)3/h5-13,16-17,20,22H,4,14-15,18-19H2,1-3H3,(H,32,36). The summed E-state index contributed by atoms with van der Waals surface area (Å²) in [6, 6.07) is 17.2. The van der Waals surface area contributed by atoms with E-state index in [2.05, 4.69) is 41.4 Å². The number of benzene rings is 1. The minimum Gasteiger partial charge on any atom is -0.477 e. The van der Waals surface area contributed by atoms with Gasteiger partial charge in [-0.1, -0.05) is 32.0 Å². The molecule has 4 aromatic rings. The first-order chi connectivity index (χ1) is 18.5. The van der Waals surface area contributed by atoms with Gasteiger partial charge in [0.1, 0.15) is 5.56 Å². The van der Waals surface area contributed by atoms with E-state index < -0.39 is 0 Å². The van der Waals surface area contributed by atoms with Crippen molar-refractivity contribution in [1.82, 2.24) is 19.5 Å². The Hall–Kier alpha value is -4.20. The van der Waals surface area contributed by atoms with Crippen molar-refractivity contribution in [2.45, 2.75) is 45.4 Å². The molecule has 8 nitrogen and oxygen atoms in total. The van der Waals surface area contributed by atoms with Crippen LogP contribution >= 0.6 is 0 Å². The quantitative estimate of drug-likeness (QED) is 0.353. The minimum absolute atomic E-state index is 0.0632. The van der Waals surface area contributed by atoms with Gasteiger partial charge in [-0.3, -0.25) is 9.59 Å². The number of fused-ring (bicyclic) bond motifs is 1. The summed E-state index contributed by atoms with van der Waals surface area (Å²) in [4.78, 5) is 32.5. The van der Waals surface area contributed by atoms with Crippen molar-refractivity contribution < 1.29 is 14.3 Å². The molecule has 38 heavy (non-hydrogen) atoms. The third-order valence-electron chi connectivity index (χ3n) is 7.05. The number of likely N-dealkylation sites (tertiary alicyclic amines) is 1. The Balaban J connectivity index is 1.23. The normalized spacial score (nSPS) is 14.2. The van der Waals surface area contributed by atoms with Crippen LogP contribution in [0.4, 0.5) is 5.69 Å². The number of hydrogen-bond donors (Lipinski definition) is 1. The van der Waals surface area contributed by atoms with Crippen LogP contribution in [0.1, 0.15) is 77.4 Å². The molecular formula is C30H33N5O3. The average molecular weight is 512 g/mol. The summed E-state index contributed by atoms with van der Waals surface area (Å²) in [6.07, 6.45) is 5.28. The third kappa shape index (κ3) is 5.11. The van der Waals surface area contributed by atoms with E-state index in [-0.39, 0.29) is 17.7 Å². The maximum atomic E-state index is 13.6. The van der Waals surface area contributed by atoms with E-state index in [0.29, 0.717) is 42.7 Å². The van der Waals surface area contributed by atoms with Crippen LogP contribution in [-0.4, -0.2) is 51.0 Å². The van der Waals surface area contributed by atoms with Gasteiger partial charge in [-0.2, -0.15) is 5.10 Å². The Morgan fingerprint density at radius 1 is 1.05 bits per heavy atom. The molecule has 0 atom stereocenters. The molecule has 0 radical (unpaired) electrons. The fourth-order valence-electron chi connectivity index (χ4n) is 5.07. The van der Waals surface area contributed by atoms with Crippen molar-refractivity contribution >= 4 is 23.0 Å². The molecule has 5 rings (SSSR count). The molecule has 0 spiro atoms. The summed E-state index contributed by atoms with van der Waals surface area (Å²) in [5.41, 5.74) is 4.76. The summed E-state index contributed by atoms with van der Waals surface area (Å²) in [7, 11) is 0. The highest BCUT2D eigenvalue weighted by atomic mass is 16.5. The lowest BCUT2D eigenvalue weighted by Gasteiger charge is -2.32. The van der Waals surface area contributed by atoms with Crippen LogP contribution in [0.25, 0.3) is 5.52 Å². The maximum Gasteiger partial charge on any atom is 0.261 e. The predicted octanol–water partition coefficient (Wildman–Crippen LogP) is 5.52. The van der Waals surface area contributed by atoms with Gasteiger partial charge < -0.3 is 15.0 Å². The van der Waals surface area contributed by atoms with Gasteiger partial charge in [-0.25, -0.2) is 9.50 Å². The van der Waals surface area contributed by atoms with Crippen LogP contribution in [0.15, 0.2) is 67.0 Å². The van der Waals surface area contributed by atoms with E-state index >= 15 is 0 Å². The van der Waals surface area contributed by atoms with Crippen LogP contribution in [0.3, 0.4) is 0 Å². The van der Waals surface area contributed by atoms with Gasteiger partial charge in [0.25, 0.3) is 11.8 Å². The Bertz CT molecular complexity index is 1440. The summed E-state index contributed by atoms with van der Waals surface area (Å²) >= 11 is 0. The molecule has 0 saturated carbocycles. The van der Waals surface area contributed by atoms with Crippen LogP contribution in [0.5, 0.6) is 5.88 Å². The number of rotatable bonds is 7. The molecule has 1 N–H and O–H groups in total. The van der Waals surface area contributed by atoms with Crippen molar-refractivity contribution in [3.63, 3.8) is 0 Å². The predicted molar refractivity (Wildman–Crippen MR) is 147 cm³/mol. The first-order valence-corrected chi connectivity index (χ1v) is 13.2. The van der Waals surface area contributed by atoms with Crippen LogP contribution in [-0.2, 0) is 0 Å². The molecule has 0 aliphatic carbocycles. The topological polar surface area (TPSA) is 88.8 Å². The summed E-state index contributed by atoms with van der Waals surface area (Å²) in [6.45, 7) is 7.85. The fraction of sp³-hybridized carbons (Fsp3) is 0.333. The first-order valence-electron chi connectivity index (χ1n) is 13.2. The molecule has 0 bridgehead atoms. The fourth-order valence-corrected chi connectivity index (χ4v) is 5.07. The smallest absolute Gasteiger partial charge is 0.261 e. The number of aromatic nitrogens is 3. The SMILES string of the molecule is CCOc1ncccc1C(=O)Nc1ccc(C2CCN(C(=O)c3c(C(C)C)nn4ccccc34)CC2)cc1. The van der Waals surface area contributed by atoms with Gasteiger partial charge in [0, 0.05) is 31.2 Å². The number of nitrogens with zero attached hydrogens (tertiary/aromatic N) is 4. The second-order valence-corrected chi connectivity index (χ2v) is 9.88. The molecule has 1 saturated heterocycles. The highest BCUT2D eigenvalue weighted by Gasteiger charge is 2.29. The number of hydrogen-bond acceptors (Lipinski definition) is 5. The zero-order valence-corrected chi connectivity index (χ0v) is 22.1. The molecule has 1 aliphatic heterocycles. The van der Waals surface area contributed by atoms with E-state index in [9.17, 15) is 9.59 Å². The van der Waals surface area contributed by atoms with Crippen LogP contribution in [0, 0.1) is 0 Å². The summed E-state index contributed by atoms with van der Waals surface area (Å²) in [5, 5.41) is 7.62. The largest absolute Gasteiger partial charge is 0.477 e. The molecule has 1 fully saturated rings. The molecule has 0 unspecified atom stereocenters. The Morgan fingerprint density at radius 3 is 2.53 bits per heavy atom. The number of anilines is 1. The van der Waals surface area contributed by atoms with E-state index in [4.69, 9.17) is 4.74 Å². The molecule has 2 amide bonds. The molecule has 4 heterocycles. The van der Waals surface area contributed by atoms with Crippen molar-refractivity contribution in [1.29, 1.82) is 0 Å². The second-order valence-electron chi connectivity index (χ2n) is 9.88. The monoisotopic (exact) mass is 511 g/mol. The highest BCUT2D eigenvalue weighted by molar-refractivity contribution is 6.05. The number of amides is 2. The Kier molecular flexibility index (Phi) is 7.40. The van der Waals surface area contributed by atoms with Crippen molar-refractivity contribution in [3.8, 4) is 5.88 Å². The van der Waals surface area contributed by atoms with Crippen molar-refractivity contribution in [2.75, 3.05) is 25.0 Å². The zero-order valence-electron chi connectivity index (χ0n) is 22.1. The average Bonchev–Trinajstić information content (AvgIpc) is 3.34. The number of carbonyl (C=O) groups excluding carboxylic acids is 2. The third-order valence-corrected chi connectivity index (χ3v) is 7.05. The molecule has 8 heteroatoms. The number of nitrogens with one attached hydrogen (secondary N) is 1. The zero-order chi connectivity index (χ0) is 26.6. The first kappa shape index (κ1) is 25.4. The number of carbonyl (C=O) groups is 2. The van der Waals surface area contributed by atoms with Gasteiger partial charge in [-0.05, 0) is 73.6 Å². The summed E-state index contributed by atoms with van der Waals surface area (Å²) < 4.78 is 7.29. The molecule has 196 valence electrons.